The van der Waals surface area contributed by atoms with Crippen LogP contribution in [-0.2, 0) is 11.2 Å². The predicted molar refractivity (Wildman–Crippen MR) is 141 cm³/mol. The molecule has 1 saturated heterocycles. The molecule has 0 spiro atoms. The van der Waals surface area contributed by atoms with Crippen LogP contribution in [-0.4, -0.2) is 47.7 Å². The minimum Gasteiger partial charge on any atom is -0.497 e. The largest absolute Gasteiger partial charge is 0.497 e. The molecule has 5 nitrogen and oxygen atoms in total. The second-order valence-corrected chi connectivity index (χ2v) is 10.1. The van der Waals surface area contributed by atoms with Gasteiger partial charge in [0.2, 0.25) is 0 Å². The average Bonchev–Trinajstić information content (AvgIpc) is 2.91. The number of alkyl halides is 1. The number of piperidine rings is 1. The van der Waals surface area contributed by atoms with Gasteiger partial charge in [0.05, 0.1) is 12.6 Å². The van der Waals surface area contributed by atoms with Gasteiger partial charge in [0, 0.05) is 24.5 Å². The van der Waals surface area contributed by atoms with E-state index in [1.54, 1.807) is 25.4 Å². The molecule has 37 heavy (non-hydrogen) atoms. The molecule has 198 valence electrons. The van der Waals surface area contributed by atoms with Gasteiger partial charge in [-0.2, -0.15) is 0 Å². The van der Waals surface area contributed by atoms with Crippen LogP contribution in [0.2, 0.25) is 0 Å². The molecule has 1 N–H and O–H groups in total. The van der Waals surface area contributed by atoms with E-state index in [-0.39, 0.29) is 24.1 Å². The third kappa shape index (κ3) is 7.25. The highest BCUT2D eigenvalue weighted by Crippen LogP contribution is 2.36. The molecular weight excluding hydrogens is 474 g/mol. The van der Waals surface area contributed by atoms with E-state index in [1.807, 2.05) is 30.3 Å². The molecule has 0 radical (unpaired) electrons. The SMILES string of the molecule is COc1ccc2nccc([C@@H](F)CCC3CCN(CCCc4ccccc4F)CC3CCC(=O)O)c2c1. The number of halogens is 2. The molecule has 0 bridgehead atoms. The van der Waals surface area contributed by atoms with E-state index in [9.17, 15) is 14.3 Å². The van der Waals surface area contributed by atoms with E-state index in [4.69, 9.17) is 4.74 Å². The van der Waals surface area contributed by atoms with Gasteiger partial charge >= 0.3 is 5.97 Å². The van der Waals surface area contributed by atoms with Crippen molar-refractivity contribution in [3.05, 3.63) is 71.7 Å². The van der Waals surface area contributed by atoms with Gasteiger partial charge in [-0.25, -0.2) is 8.78 Å². The molecular formula is C30H36F2N2O3. The number of carboxylic acids is 1. The first-order valence-electron chi connectivity index (χ1n) is 13.2. The number of hydrogen-bond acceptors (Lipinski definition) is 4. The van der Waals surface area contributed by atoms with Crippen molar-refractivity contribution in [3.8, 4) is 5.75 Å². The van der Waals surface area contributed by atoms with Crippen molar-refractivity contribution in [3.63, 3.8) is 0 Å². The summed E-state index contributed by atoms with van der Waals surface area (Å²) in [7, 11) is 1.59. The van der Waals surface area contributed by atoms with Crippen LogP contribution in [0.3, 0.4) is 0 Å². The molecule has 3 aromatic rings. The second kappa shape index (κ2) is 13.0. The monoisotopic (exact) mass is 510 g/mol. The molecule has 2 aromatic carbocycles. The Labute approximate surface area is 217 Å². The summed E-state index contributed by atoms with van der Waals surface area (Å²) in [5.41, 5.74) is 2.09. The fraction of sp³-hybridized carbons (Fsp3) is 0.467. The molecule has 7 heteroatoms. The van der Waals surface area contributed by atoms with E-state index in [0.29, 0.717) is 37.0 Å². The van der Waals surface area contributed by atoms with Crippen LogP contribution >= 0.6 is 0 Å². The van der Waals surface area contributed by atoms with Crippen LogP contribution in [0.15, 0.2) is 54.7 Å². The molecule has 3 atom stereocenters. The third-order valence-electron chi connectivity index (χ3n) is 7.69. The van der Waals surface area contributed by atoms with Gasteiger partial charge in [0.25, 0.3) is 0 Å². The molecule has 1 aromatic heterocycles. The van der Waals surface area contributed by atoms with Gasteiger partial charge in [-0.1, -0.05) is 18.2 Å². The van der Waals surface area contributed by atoms with Crippen LogP contribution in [0.1, 0.15) is 55.8 Å². The Bertz CT molecular complexity index is 1190. The average molecular weight is 511 g/mol. The van der Waals surface area contributed by atoms with Gasteiger partial charge in [-0.3, -0.25) is 9.78 Å². The number of nitrogens with zero attached hydrogens (tertiary/aromatic N) is 2. The van der Waals surface area contributed by atoms with Crippen LogP contribution in [0.25, 0.3) is 10.9 Å². The maximum atomic E-state index is 15.5. The number of carbonyl (C=O) groups is 1. The van der Waals surface area contributed by atoms with Gasteiger partial charge in [0.15, 0.2) is 0 Å². The number of rotatable bonds is 12. The Morgan fingerprint density at radius 2 is 2.03 bits per heavy atom. The number of hydrogen-bond donors (Lipinski definition) is 1. The van der Waals surface area contributed by atoms with Crippen LogP contribution in [0.5, 0.6) is 5.75 Å². The van der Waals surface area contributed by atoms with Crippen molar-refractivity contribution in [1.29, 1.82) is 0 Å². The van der Waals surface area contributed by atoms with Crippen molar-refractivity contribution in [1.82, 2.24) is 9.88 Å². The lowest BCUT2D eigenvalue weighted by Crippen LogP contribution is -2.41. The molecule has 2 unspecified atom stereocenters. The lowest BCUT2D eigenvalue weighted by Gasteiger charge is -2.39. The first kappa shape index (κ1) is 27.0. The smallest absolute Gasteiger partial charge is 0.303 e. The molecule has 0 saturated carbocycles. The third-order valence-corrected chi connectivity index (χ3v) is 7.69. The van der Waals surface area contributed by atoms with Gasteiger partial charge in [0.1, 0.15) is 17.7 Å². The minimum absolute atomic E-state index is 0.123. The topological polar surface area (TPSA) is 62.7 Å². The summed E-state index contributed by atoms with van der Waals surface area (Å²) in [6.07, 6.45) is 4.78. The fourth-order valence-electron chi connectivity index (χ4n) is 5.63. The Kier molecular flexibility index (Phi) is 9.45. The Balaban J connectivity index is 1.35. The fourth-order valence-corrected chi connectivity index (χ4v) is 5.63. The summed E-state index contributed by atoms with van der Waals surface area (Å²) in [4.78, 5) is 18.0. The van der Waals surface area contributed by atoms with Gasteiger partial charge in [-0.15, -0.1) is 0 Å². The highest BCUT2D eigenvalue weighted by atomic mass is 19.1. The van der Waals surface area contributed by atoms with Gasteiger partial charge < -0.3 is 14.7 Å². The molecule has 0 aliphatic carbocycles. The standard InChI is InChI=1S/C30H36F2N2O3/c1-37-24-10-12-29-26(19-24)25(14-16-33-29)28(32)11-8-21-15-18-34(20-23(21)9-13-30(35)36)17-4-6-22-5-2-3-7-27(22)31/h2-3,5,7,10,12,14,16,19,21,23,28H,4,6,8-9,11,13,15,17-18,20H2,1H3,(H,35,36)/t21?,23?,28-/m0/s1. The number of aliphatic carboxylic acids is 1. The first-order chi connectivity index (χ1) is 17.9. The maximum absolute atomic E-state index is 15.5. The molecule has 4 rings (SSSR count). The Hall–Kier alpha value is -3.06. The summed E-state index contributed by atoms with van der Waals surface area (Å²) in [6, 6.07) is 14.1. The van der Waals surface area contributed by atoms with E-state index < -0.39 is 12.1 Å². The number of benzene rings is 2. The van der Waals surface area contributed by atoms with Crippen LogP contribution in [0, 0.1) is 17.7 Å². The summed E-state index contributed by atoms with van der Waals surface area (Å²) in [6.45, 7) is 2.56. The number of fused-ring (bicyclic) bond motifs is 1. The second-order valence-electron chi connectivity index (χ2n) is 10.1. The number of aryl methyl sites for hydroxylation is 1. The lowest BCUT2D eigenvalue weighted by molar-refractivity contribution is -0.137. The zero-order chi connectivity index (χ0) is 26.2. The van der Waals surface area contributed by atoms with Crippen molar-refractivity contribution >= 4 is 16.9 Å². The van der Waals surface area contributed by atoms with E-state index in [0.717, 1.165) is 48.9 Å². The number of pyridine rings is 1. The number of ether oxygens (including phenoxy) is 1. The lowest BCUT2D eigenvalue weighted by atomic mass is 9.79. The summed E-state index contributed by atoms with van der Waals surface area (Å²) in [5.74, 6) is 0.200. The highest BCUT2D eigenvalue weighted by Gasteiger charge is 2.30. The summed E-state index contributed by atoms with van der Waals surface area (Å²) < 4.78 is 34.8. The Morgan fingerprint density at radius 3 is 2.81 bits per heavy atom. The van der Waals surface area contributed by atoms with Crippen molar-refractivity contribution in [2.24, 2.45) is 11.8 Å². The molecule has 2 heterocycles. The summed E-state index contributed by atoms with van der Waals surface area (Å²) >= 11 is 0. The Morgan fingerprint density at radius 1 is 1.19 bits per heavy atom. The predicted octanol–water partition coefficient (Wildman–Crippen LogP) is 6.61. The van der Waals surface area contributed by atoms with Crippen LogP contribution in [0.4, 0.5) is 8.78 Å². The number of methoxy groups -OCH3 is 1. The van der Waals surface area contributed by atoms with E-state index >= 15 is 4.39 Å². The van der Waals surface area contributed by atoms with Crippen molar-refractivity contribution in [2.75, 3.05) is 26.7 Å². The number of likely N-dealkylation sites (tertiary alicyclic amines) is 1. The zero-order valence-corrected chi connectivity index (χ0v) is 21.4. The molecule has 1 aliphatic rings. The van der Waals surface area contributed by atoms with Gasteiger partial charge in [-0.05, 0) is 105 Å². The van der Waals surface area contributed by atoms with Crippen molar-refractivity contribution < 1.29 is 23.4 Å². The van der Waals surface area contributed by atoms with Crippen molar-refractivity contribution in [2.45, 2.75) is 51.1 Å². The van der Waals surface area contributed by atoms with Crippen LogP contribution < -0.4 is 4.74 Å². The molecule has 1 fully saturated rings. The van der Waals surface area contributed by atoms with E-state index in [1.165, 1.54) is 6.07 Å². The zero-order valence-electron chi connectivity index (χ0n) is 21.4. The maximum Gasteiger partial charge on any atom is 0.303 e. The normalized spacial score (nSPS) is 19.1. The number of carboxylic acid groups (broad SMARTS) is 1. The highest BCUT2D eigenvalue weighted by molar-refractivity contribution is 5.83. The number of aromatic nitrogens is 1. The quantitative estimate of drug-likeness (QED) is 0.297. The first-order valence-corrected chi connectivity index (χ1v) is 13.2. The van der Waals surface area contributed by atoms with E-state index in [2.05, 4.69) is 9.88 Å². The molecule has 1 aliphatic heterocycles. The summed E-state index contributed by atoms with van der Waals surface area (Å²) in [5, 5.41) is 10.0. The minimum atomic E-state index is -1.13. The molecule has 0 amide bonds.